The molecule has 0 amide bonds. The van der Waals surface area contributed by atoms with Crippen molar-refractivity contribution >= 4 is 34.6 Å². The fraction of sp³-hybridized carbons (Fsp3) is 0.235. The van der Waals surface area contributed by atoms with E-state index in [9.17, 15) is 4.39 Å². The first-order valence-electron chi connectivity index (χ1n) is 7.11. The van der Waals surface area contributed by atoms with Crippen molar-refractivity contribution in [1.29, 1.82) is 0 Å². The third-order valence-corrected chi connectivity index (χ3v) is 3.79. The summed E-state index contributed by atoms with van der Waals surface area (Å²) in [5.41, 5.74) is 1.88. The van der Waals surface area contributed by atoms with Gasteiger partial charge in [0.2, 0.25) is 0 Å². The van der Waals surface area contributed by atoms with Gasteiger partial charge in [-0.25, -0.2) is 4.39 Å². The highest BCUT2D eigenvalue weighted by atomic mass is 35.5. The van der Waals surface area contributed by atoms with Crippen LogP contribution in [0.15, 0.2) is 48.5 Å². The first-order valence-corrected chi connectivity index (χ1v) is 7.89. The molecule has 0 aliphatic heterocycles. The molecule has 2 rings (SSSR count). The van der Waals surface area contributed by atoms with E-state index >= 15 is 0 Å². The molecular weight excluding hydrogens is 319 g/mol. The van der Waals surface area contributed by atoms with Crippen LogP contribution in [-0.4, -0.2) is 11.2 Å². The lowest BCUT2D eigenvalue weighted by Crippen LogP contribution is -2.36. The standard InChI is InChI=1S/C17H18ClFN2S/c1-12(7-8-13-5-3-2-4-6-13)20-17(22)21-14-9-10-15(18)16(19)11-14/h2-6,9-12H,7-8H2,1H3,(H2,20,21,22). The summed E-state index contributed by atoms with van der Waals surface area (Å²) >= 11 is 10.9. The second-order valence-electron chi connectivity index (χ2n) is 5.15. The summed E-state index contributed by atoms with van der Waals surface area (Å²) in [4.78, 5) is 0. The van der Waals surface area contributed by atoms with E-state index in [1.54, 1.807) is 6.07 Å². The minimum Gasteiger partial charge on any atom is -0.360 e. The minimum absolute atomic E-state index is 0.0978. The lowest BCUT2D eigenvalue weighted by atomic mass is 10.1. The number of hydrogen-bond acceptors (Lipinski definition) is 1. The van der Waals surface area contributed by atoms with E-state index < -0.39 is 5.82 Å². The molecule has 116 valence electrons. The van der Waals surface area contributed by atoms with Crippen molar-refractivity contribution in [3.63, 3.8) is 0 Å². The zero-order valence-corrected chi connectivity index (χ0v) is 13.8. The molecule has 0 aliphatic rings. The number of rotatable bonds is 5. The third-order valence-electron chi connectivity index (χ3n) is 3.26. The molecule has 0 saturated carbocycles. The average molecular weight is 337 g/mol. The van der Waals surface area contributed by atoms with Crippen LogP contribution in [0.2, 0.25) is 5.02 Å². The number of hydrogen-bond donors (Lipinski definition) is 2. The smallest absolute Gasteiger partial charge is 0.170 e. The predicted molar refractivity (Wildman–Crippen MR) is 95.0 cm³/mol. The van der Waals surface area contributed by atoms with Crippen molar-refractivity contribution in [2.75, 3.05) is 5.32 Å². The second-order valence-corrected chi connectivity index (χ2v) is 5.97. The summed E-state index contributed by atoms with van der Waals surface area (Å²) in [7, 11) is 0. The maximum atomic E-state index is 13.4. The number of anilines is 1. The molecule has 22 heavy (non-hydrogen) atoms. The Bertz CT molecular complexity index is 634. The third kappa shape index (κ3) is 5.28. The van der Waals surface area contributed by atoms with Crippen LogP contribution in [0.4, 0.5) is 10.1 Å². The predicted octanol–water partition coefficient (Wildman–Crippen LogP) is 4.79. The Morgan fingerprint density at radius 3 is 2.64 bits per heavy atom. The zero-order chi connectivity index (χ0) is 15.9. The van der Waals surface area contributed by atoms with Crippen molar-refractivity contribution < 1.29 is 4.39 Å². The summed E-state index contributed by atoms with van der Waals surface area (Å²) in [6.45, 7) is 2.07. The van der Waals surface area contributed by atoms with E-state index in [2.05, 4.69) is 29.7 Å². The van der Waals surface area contributed by atoms with Gasteiger partial charge in [0.15, 0.2) is 5.11 Å². The average Bonchev–Trinajstić information content (AvgIpc) is 2.50. The Kier molecular flexibility index (Phi) is 6.16. The van der Waals surface area contributed by atoms with Crippen molar-refractivity contribution in [3.8, 4) is 0 Å². The number of halogens is 2. The zero-order valence-electron chi connectivity index (χ0n) is 12.3. The van der Waals surface area contributed by atoms with Gasteiger partial charge in [0.25, 0.3) is 0 Å². The van der Waals surface area contributed by atoms with Crippen molar-refractivity contribution in [2.45, 2.75) is 25.8 Å². The van der Waals surface area contributed by atoms with Crippen LogP contribution in [0, 0.1) is 5.82 Å². The molecule has 2 aromatic carbocycles. The fourth-order valence-corrected chi connectivity index (χ4v) is 2.50. The molecule has 1 unspecified atom stereocenters. The lowest BCUT2D eigenvalue weighted by Gasteiger charge is -2.17. The van der Waals surface area contributed by atoms with Crippen LogP contribution in [0.25, 0.3) is 0 Å². The molecular formula is C17H18ClFN2S. The lowest BCUT2D eigenvalue weighted by molar-refractivity contribution is 0.609. The van der Waals surface area contributed by atoms with E-state index in [-0.39, 0.29) is 11.1 Å². The van der Waals surface area contributed by atoms with Gasteiger partial charge in [-0.05, 0) is 55.7 Å². The fourth-order valence-electron chi connectivity index (χ4n) is 2.06. The molecule has 0 heterocycles. The Morgan fingerprint density at radius 2 is 1.95 bits per heavy atom. The molecule has 1 atom stereocenters. The monoisotopic (exact) mass is 336 g/mol. The van der Waals surface area contributed by atoms with Gasteiger partial charge in [-0.1, -0.05) is 41.9 Å². The quantitative estimate of drug-likeness (QED) is 0.768. The van der Waals surface area contributed by atoms with Gasteiger partial charge in [0.05, 0.1) is 5.02 Å². The van der Waals surface area contributed by atoms with Crippen molar-refractivity contribution in [2.24, 2.45) is 0 Å². The summed E-state index contributed by atoms with van der Waals surface area (Å²) in [5, 5.41) is 6.73. The first kappa shape index (κ1) is 16.7. The van der Waals surface area contributed by atoms with Crippen LogP contribution in [0.5, 0.6) is 0 Å². The van der Waals surface area contributed by atoms with Crippen LogP contribution < -0.4 is 10.6 Å². The van der Waals surface area contributed by atoms with Gasteiger partial charge < -0.3 is 10.6 Å². The number of aryl methyl sites for hydroxylation is 1. The van der Waals surface area contributed by atoms with E-state index in [1.807, 2.05) is 18.2 Å². The van der Waals surface area contributed by atoms with Crippen LogP contribution in [-0.2, 0) is 6.42 Å². The highest BCUT2D eigenvalue weighted by Crippen LogP contribution is 2.18. The molecule has 0 radical (unpaired) electrons. The summed E-state index contributed by atoms with van der Waals surface area (Å²) in [5.74, 6) is -0.466. The second kappa shape index (κ2) is 8.11. The van der Waals surface area contributed by atoms with Gasteiger partial charge in [-0.3, -0.25) is 0 Å². The topological polar surface area (TPSA) is 24.1 Å². The minimum atomic E-state index is -0.466. The summed E-state index contributed by atoms with van der Waals surface area (Å²) < 4.78 is 13.4. The van der Waals surface area contributed by atoms with Crippen molar-refractivity contribution in [1.82, 2.24) is 5.32 Å². The highest BCUT2D eigenvalue weighted by molar-refractivity contribution is 7.80. The van der Waals surface area contributed by atoms with Crippen LogP contribution in [0.1, 0.15) is 18.9 Å². The SMILES string of the molecule is CC(CCc1ccccc1)NC(=S)Nc1ccc(Cl)c(F)c1. The van der Waals surface area contributed by atoms with Gasteiger partial charge in [0.1, 0.15) is 5.82 Å². The van der Waals surface area contributed by atoms with E-state index in [4.69, 9.17) is 23.8 Å². The Hall–Kier alpha value is -1.65. The maximum absolute atomic E-state index is 13.4. The molecule has 0 aliphatic carbocycles. The molecule has 2 nitrogen and oxygen atoms in total. The maximum Gasteiger partial charge on any atom is 0.170 e. The molecule has 0 fully saturated rings. The molecule has 0 saturated heterocycles. The van der Waals surface area contributed by atoms with E-state index in [1.165, 1.54) is 17.7 Å². The molecule has 0 spiro atoms. The van der Waals surface area contributed by atoms with Gasteiger partial charge in [0, 0.05) is 11.7 Å². The normalized spacial score (nSPS) is 11.8. The summed E-state index contributed by atoms with van der Waals surface area (Å²) in [6, 6.07) is 15.0. The van der Waals surface area contributed by atoms with Gasteiger partial charge in [-0.2, -0.15) is 0 Å². The number of benzene rings is 2. The molecule has 2 N–H and O–H groups in total. The highest BCUT2D eigenvalue weighted by Gasteiger charge is 2.06. The van der Waals surface area contributed by atoms with E-state index in [0.29, 0.717) is 10.8 Å². The largest absolute Gasteiger partial charge is 0.360 e. The van der Waals surface area contributed by atoms with Crippen LogP contribution >= 0.6 is 23.8 Å². The number of thiocarbonyl (C=S) groups is 1. The molecule has 5 heteroatoms. The van der Waals surface area contributed by atoms with Crippen LogP contribution in [0.3, 0.4) is 0 Å². The Balaban J connectivity index is 1.79. The van der Waals surface area contributed by atoms with Crippen molar-refractivity contribution in [3.05, 3.63) is 64.9 Å². The first-order chi connectivity index (χ1) is 10.5. The molecule has 2 aromatic rings. The molecule has 0 aromatic heterocycles. The Labute approximate surface area is 140 Å². The van der Waals surface area contributed by atoms with E-state index in [0.717, 1.165) is 12.8 Å². The number of nitrogens with one attached hydrogen (secondary N) is 2. The molecule has 0 bridgehead atoms. The Morgan fingerprint density at radius 1 is 1.23 bits per heavy atom. The summed E-state index contributed by atoms with van der Waals surface area (Å²) in [6.07, 6.45) is 1.94. The van der Waals surface area contributed by atoms with Gasteiger partial charge in [-0.15, -0.1) is 0 Å². The van der Waals surface area contributed by atoms with Gasteiger partial charge >= 0.3 is 0 Å².